The maximum absolute atomic E-state index is 10.5. The van der Waals surface area contributed by atoms with Gasteiger partial charge in [-0.3, -0.25) is 4.79 Å². The lowest BCUT2D eigenvalue weighted by atomic mass is 9.93. The van der Waals surface area contributed by atoms with Crippen molar-refractivity contribution in [2.45, 2.75) is 20.3 Å². The van der Waals surface area contributed by atoms with Gasteiger partial charge in [-0.15, -0.1) is 0 Å². The molecule has 0 aliphatic rings. The fraction of sp³-hybridized carbons (Fsp3) is 0.857. The summed E-state index contributed by atoms with van der Waals surface area (Å²) in [6.45, 7) is 4.25. The minimum Gasteiger partial charge on any atom is -0.481 e. The SMILES string of the molecule is CC(C)[C@H](CCN)C(=O)O. The molecule has 0 aliphatic carbocycles. The average molecular weight is 145 g/mol. The van der Waals surface area contributed by atoms with Gasteiger partial charge in [0.05, 0.1) is 5.92 Å². The Bertz CT molecular complexity index is 112. The third-order valence-corrected chi connectivity index (χ3v) is 1.60. The average Bonchev–Trinajstić information content (AvgIpc) is 1.81. The van der Waals surface area contributed by atoms with Gasteiger partial charge in [-0.1, -0.05) is 13.8 Å². The molecule has 0 saturated carbocycles. The Labute approximate surface area is 61.2 Å². The van der Waals surface area contributed by atoms with Crippen LogP contribution in [0.5, 0.6) is 0 Å². The molecule has 0 saturated heterocycles. The summed E-state index contributed by atoms with van der Waals surface area (Å²) in [5, 5.41) is 8.62. The largest absolute Gasteiger partial charge is 0.481 e. The van der Waals surface area contributed by atoms with Crippen molar-refractivity contribution < 1.29 is 9.90 Å². The lowest BCUT2D eigenvalue weighted by Crippen LogP contribution is -2.22. The van der Waals surface area contributed by atoms with Crippen LogP contribution in [0.1, 0.15) is 20.3 Å². The number of carboxylic acid groups (broad SMARTS) is 1. The van der Waals surface area contributed by atoms with Crippen LogP contribution in [0.2, 0.25) is 0 Å². The van der Waals surface area contributed by atoms with E-state index in [0.29, 0.717) is 13.0 Å². The highest BCUT2D eigenvalue weighted by Crippen LogP contribution is 2.13. The predicted molar refractivity (Wildman–Crippen MR) is 39.6 cm³/mol. The van der Waals surface area contributed by atoms with Gasteiger partial charge in [0, 0.05) is 0 Å². The summed E-state index contributed by atoms with van der Waals surface area (Å²) >= 11 is 0. The van der Waals surface area contributed by atoms with Crippen LogP contribution in [0.4, 0.5) is 0 Å². The first-order chi connectivity index (χ1) is 4.59. The van der Waals surface area contributed by atoms with Gasteiger partial charge in [0.2, 0.25) is 0 Å². The molecule has 0 amide bonds. The Balaban J connectivity index is 3.85. The number of hydrogen-bond donors (Lipinski definition) is 2. The third-order valence-electron chi connectivity index (χ3n) is 1.60. The lowest BCUT2D eigenvalue weighted by molar-refractivity contribution is -0.143. The number of nitrogens with two attached hydrogens (primary N) is 1. The summed E-state index contributed by atoms with van der Waals surface area (Å²) in [5.74, 6) is -0.827. The number of aliphatic carboxylic acids is 1. The van der Waals surface area contributed by atoms with E-state index in [1.807, 2.05) is 13.8 Å². The molecule has 0 rings (SSSR count). The maximum atomic E-state index is 10.5. The predicted octanol–water partition coefficient (Wildman–Crippen LogP) is 0.692. The number of rotatable bonds is 4. The van der Waals surface area contributed by atoms with Gasteiger partial charge in [0.25, 0.3) is 0 Å². The molecule has 0 aromatic rings. The van der Waals surface area contributed by atoms with Crippen molar-refractivity contribution in [2.75, 3.05) is 6.54 Å². The molecule has 0 unspecified atom stereocenters. The topological polar surface area (TPSA) is 63.3 Å². The zero-order valence-electron chi connectivity index (χ0n) is 6.50. The van der Waals surface area contributed by atoms with Crippen molar-refractivity contribution in [3.8, 4) is 0 Å². The monoisotopic (exact) mass is 145 g/mol. The zero-order valence-corrected chi connectivity index (χ0v) is 6.50. The molecule has 10 heavy (non-hydrogen) atoms. The molecule has 0 bridgehead atoms. The number of carboxylic acids is 1. The molecule has 3 nitrogen and oxygen atoms in total. The van der Waals surface area contributed by atoms with Crippen LogP contribution in [0, 0.1) is 11.8 Å². The van der Waals surface area contributed by atoms with E-state index in [1.54, 1.807) is 0 Å². The van der Waals surface area contributed by atoms with Gasteiger partial charge in [-0.05, 0) is 18.9 Å². The van der Waals surface area contributed by atoms with Gasteiger partial charge in [0.1, 0.15) is 0 Å². The summed E-state index contributed by atoms with van der Waals surface area (Å²) < 4.78 is 0. The second kappa shape index (κ2) is 4.28. The van der Waals surface area contributed by atoms with E-state index in [1.165, 1.54) is 0 Å². The molecule has 60 valence electrons. The summed E-state index contributed by atoms with van der Waals surface area (Å²) in [6, 6.07) is 0. The van der Waals surface area contributed by atoms with Gasteiger partial charge in [0.15, 0.2) is 0 Å². The molecule has 1 atom stereocenters. The lowest BCUT2D eigenvalue weighted by Gasteiger charge is -2.13. The first-order valence-corrected chi connectivity index (χ1v) is 3.52. The number of hydrogen-bond acceptors (Lipinski definition) is 2. The maximum Gasteiger partial charge on any atom is 0.306 e. The third kappa shape index (κ3) is 2.82. The Kier molecular flexibility index (Phi) is 4.03. The fourth-order valence-electron chi connectivity index (χ4n) is 0.922. The minimum atomic E-state index is -0.736. The van der Waals surface area contributed by atoms with Crippen molar-refractivity contribution >= 4 is 5.97 Å². The molecule has 0 spiro atoms. The first-order valence-electron chi connectivity index (χ1n) is 3.52. The molecule has 0 aromatic carbocycles. The molecule has 0 fully saturated rings. The fourth-order valence-corrected chi connectivity index (χ4v) is 0.922. The van der Waals surface area contributed by atoms with E-state index in [4.69, 9.17) is 10.8 Å². The Morgan fingerprint density at radius 1 is 1.60 bits per heavy atom. The summed E-state index contributed by atoms with van der Waals surface area (Å²) in [7, 11) is 0. The standard InChI is InChI=1S/C7H15NO2/c1-5(2)6(3-4-8)7(9)10/h5-6H,3-4,8H2,1-2H3,(H,9,10)/t6-/m0/s1. The first kappa shape index (κ1) is 9.43. The summed E-state index contributed by atoms with van der Waals surface area (Å²) in [6.07, 6.45) is 0.576. The molecule has 0 radical (unpaired) electrons. The Morgan fingerprint density at radius 2 is 2.10 bits per heavy atom. The zero-order chi connectivity index (χ0) is 8.15. The second-order valence-electron chi connectivity index (χ2n) is 2.77. The molecular formula is C7H15NO2. The van der Waals surface area contributed by atoms with Crippen LogP contribution in [-0.4, -0.2) is 17.6 Å². The van der Waals surface area contributed by atoms with Crippen molar-refractivity contribution in [1.29, 1.82) is 0 Å². The number of carbonyl (C=O) groups is 1. The van der Waals surface area contributed by atoms with Gasteiger partial charge in [-0.2, -0.15) is 0 Å². The molecule has 0 aliphatic heterocycles. The molecular weight excluding hydrogens is 130 g/mol. The van der Waals surface area contributed by atoms with Gasteiger partial charge in [-0.25, -0.2) is 0 Å². The van der Waals surface area contributed by atoms with Crippen LogP contribution in [0.15, 0.2) is 0 Å². The normalized spacial score (nSPS) is 13.6. The van der Waals surface area contributed by atoms with Crippen LogP contribution in [0.3, 0.4) is 0 Å². The van der Waals surface area contributed by atoms with Crippen molar-refractivity contribution in [2.24, 2.45) is 17.6 Å². The van der Waals surface area contributed by atoms with Gasteiger partial charge < -0.3 is 10.8 Å². The van der Waals surface area contributed by atoms with Crippen LogP contribution >= 0.6 is 0 Å². The Hall–Kier alpha value is -0.570. The quantitative estimate of drug-likeness (QED) is 0.611. The van der Waals surface area contributed by atoms with Crippen LogP contribution < -0.4 is 5.73 Å². The molecule has 0 heterocycles. The van der Waals surface area contributed by atoms with Crippen LogP contribution in [0.25, 0.3) is 0 Å². The van der Waals surface area contributed by atoms with E-state index >= 15 is 0 Å². The van der Waals surface area contributed by atoms with E-state index < -0.39 is 5.97 Å². The molecule has 3 heteroatoms. The molecule has 0 aromatic heterocycles. The molecule has 3 N–H and O–H groups in total. The van der Waals surface area contributed by atoms with E-state index in [0.717, 1.165) is 0 Å². The van der Waals surface area contributed by atoms with Crippen molar-refractivity contribution in [1.82, 2.24) is 0 Å². The summed E-state index contributed by atoms with van der Waals surface area (Å²) in [4.78, 5) is 10.5. The highest BCUT2D eigenvalue weighted by Gasteiger charge is 2.19. The van der Waals surface area contributed by atoms with Crippen molar-refractivity contribution in [3.63, 3.8) is 0 Å². The van der Waals surface area contributed by atoms with Crippen LogP contribution in [-0.2, 0) is 4.79 Å². The highest BCUT2D eigenvalue weighted by molar-refractivity contribution is 5.70. The van der Waals surface area contributed by atoms with E-state index in [2.05, 4.69) is 0 Å². The van der Waals surface area contributed by atoms with E-state index in [9.17, 15) is 4.79 Å². The summed E-state index contributed by atoms with van der Waals surface area (Å²) in [5.41, 5.74) is 5.24. The Morgan fingerprint density at radius 3 is 2.20 bits per heavy atom. The minimum absolute atomic E-state index is 0.182. The smallest absolute Gasteiger partial charge is 0.306 e. The van der Waals surface area contributed by atoms with Gasteiger partial charge >= 0.3 is 5.97 Å². The van der Waals surface area contributed by atoms with E-state index in [-0.39, 0.29) is 11.8 Å². The highest BCUT2D eigenvalue weighted by atomic mass is 16.4. The van der Waals surface area contributed by atoms with Crippen molar-refractivity contribution in [3.05, 3.63) is 0 Å². The second-order valence-corrected chi connectivity index (χ2v) is 2.77.